The zero-order valence-electron chi connectivity index (χ0n) is 13.6. The van der Waals surface area contributed by atoms with Crippen molar-refractivity contribution in [1.82, 2.24) is 5.32 Å². The first-order valence-electron chi connectivity index (χ1n) is 8.49. The summed E-state index contributed by atoms with van der Waals surface area (Å²) in [6, 6.07) is 5.42. The number of aliphatic hydroxyl groups is 1. The third kappa shape index (κ3) is 4.53. The molecule has 2 fully saturated rings. The van der Waals surface area contributed by atoms with Crippen molar-refractivity contribution in [2.75, 3.05) is 36.5 Å². The predicted octanol–water partition coefficient (Wildman–Crippen LogP) is 2.60. The molecule has 1 heterocycles. The summed E-state index contributed by atoms with van der Waals surface area (Å²) in [6.07, 6.45) is 2.86. The van der Waals surface area contributed by atoms with Gasteiger partial charge in [0.15, 0.2) is 0 Å². The summed E-state index contributed by atoms with van der Waals surface area (Å²) in [5, 5.41) is 16.1. The van der Waals surface area contributed by atoms with Gasteiger partial charge >= 0.3 is 6.03 Å². The molecule has 3 N–H and O–H groups in total. The Morgan fingerprint density at radius 3 is 2.62 bits per heavy atom. The Bertz CT molecular complexity index is 570. The van der Waals surface area contributed by atoms with Crippen molar-refractivity contribution in [2.24, 2.45) is 0 Å². The summed E-state index contributed by atoms with van der Waals surface area (Å²) in [5.41, 5.74) is 1.66. The van der Waals surface area contributed by atoms with Crippen molar-refractivity contribution in [1.29, 1.82) is 0 Å². The SMILES string of the molecule is O=C(Nc1cc(Cl)ccc1N1CCOCC1)NC1CCC(O)CC1. The second-order valence-electron chi connectivity index (χ2n) is 6.36. The van der Waals surface area contributed by atoms with Crippen LogP contribution in [0.15, 0.2) is 18.2 Å². The number of halogens is 1. The molecule has 6 nitrogen and oxygen atoms in total. The van der Waals surface area contributed by atoms with E-state index in [4.69, 9.17) is 16.3 Å². The quantitative estimate of drug-likeness (QED) is 0.781. The van der Waals surface area contributed by atoms with Gasteiger partial charge in [-0.1, -0.05) is 11.6 Å². The number of ether oxygens (including phenoxy) is 1. The molecule has 1 aromatic rings. The molecule has 24 heavy (non-hydrogen) atoms. The molecule has 132 valence electrons. The average molecular weight is 354 g/mol. The van der Waals surface area contributed by atoms with E-state index in [-0.39, 0.29) is 18.2 Å². The van der Waals surface area contributed by atoms with E-state index in [1.165, 1.54) is 0 Å². The average Bonchev–Trinajstić information content (AvgIpc) is 2.58. The van der Waals surface area contributed by atoms with Gasteiger partial charge in [0.25, 0.3) is 0 Å². The highest BCUT2D eigenvalue weighted by Gasteiger charge is 2.22. The fourth-order valence-corrected chi connectivity index (χ4v) is 3.42. The fourth-order valence-electron chi connectivity index (χ4n) is 3.25. The molecule has 3 rings (SSSR count). The molecular formula is C17H24ClN3O3. The van der Waals surface area contributed by atoms with Crippen molar-refractivity contribution < 1.29 is 14.6 Å². The van der Waals surface area contributed by atoms with Gasteiger partial charge in [-0.2, -0.15) is 0 Å². The van der Waals surface area contributed by atoms with Crippen LogP contribution in [0.25, 0.3) is 0 Å². The summed E-state index contributed by atoms with van der Waals surface area (Å²) >= 11 is 6.10. The Labute approximate surface area is 147 Å². The zero-order chi connectivity index (χ0) is 16.9. The number of morpholine rings is 1. The van der Waals surface area contributed by atoms with Gasteiger partial charge < -0.3 is 25.4 Å². The van der Waals surface area contributed by atoms with Crippen molar-refractivity contribution in [2.45, 2.75) is 37.8 Å². The maximum absolute atomic E-state index is 12.3. The first kappa shape index (κ1) is 17.3. The van der Waals surface area contributed by atoms with Crippen molar-refractivity contribution >= 4 is 29.0 Å². The highest BCUT2D eigenvalue weighted by atomic mass is 35.5. The lowest BCUT2D eigenvalue weighted by atomic mass is 9.93. The first-order valence-corrected chi connectivity index (χ1v) is 8.87. The monoisotopic (exact) mass is 353 g/mol. The number of urea groups is 1. The molecule has 1 saturated heterocycles. The van der Waals surface area contributed by atoms with Crippen molar-refractivity contribution in [3.8, 4) is 0 Å². The molecule has 1 aliphatic heterocycles. The van der Waals surface area contributed by atoms with E-state index in [0.717, 1.165) is 44.5 Å². The zero-order valence-corrected chi connectivity index (χ0v) is 14.4. The fraction of sp³-hybridized carbons (Fsp3) is 0.588. The van der Waals surface area contributed by atoms with Crippen LogP contribution in [0.4, 0.5) is 16.2 Å². The van der Waals surface area contributed by atoms with Crippen LogP contribution in [-0.4, -0.2) is 49.6 Å². The van der Waals surface area contributed by atoms with Crippen molar-refractivity contribution in [3.05, 3.63) is 23.2 Å². The van der Waals surface area contributed by atoms with E-state index in [9.17, 15) is 9.90 Å². The van der Waals surface area contributed by atoms with Gasteiger partial charge in [0, 0.05) is 24.2 Å². The molecule has 0 atom stereocenters. The summed E-state index contributed by atoms with van der Waals surface area (Å²) in [4.78, 5) is 14.5. The maximum Gasteiger partial charge on any atom is 0.319 e. The minimum atomic E-state index is -0.230. The molecule has 1 aromatic carbocycles. The minimum absolute atomic E-state index is 0.111. The number of nitrogens with zero attached hydrogens (tertiary/aromatic N) is 1. The molecule has 2 amide bonds. The lowest BCUT2D eigenvalue weighted by Crippen LogP contribution is -2.41. The third-order valence-electron chi connectivity index (χ3n) is 4.59. The number of aliphatic hydroxyl groups excluding tert-OH is 1. The minimum Gasteiger partial charge on any atom is -0.393 e. The molecule has 7 heteroatoms. The van der Waals surface area contributed by atoms with Crippen LogP contribution in [0.2, 0.25) is 5.02 Å². The Morgan fingerprint density at radius 2 is 1.92 bits per heavy atom. The number of carbonyl (C=O) groups is 1. The number of carbonyl (C=O) groups excluding carboxylic acids is 1. The topological polar surface area (TPSA) is 73.8 Å². The molecular weight excluding hydrogens is 330 g/mol. The highest BCUT2D eigenvalue weighted by molar-refractivity contribution is 6.31. The molecule has 0 radical (unpaired) electrons. The van der Waals surface area contributed by atoms with Crippen LogP contribution in [0, 0.1) is 0 Å². The molecule has 1 aliphatic carbocycles. The Balaban J connectivity index is 1.64. The predicted molar refractivity (Wildman–Crippen MR) is 94.9 cm³/mol. The van der Waals surface area contributed by atoms with Gasteiger partial charge in [-0.05, 0) is 43.9 Å². The van der Waals surface area contributed by atoms with Crippen LogP contribution >= 0.6 is 11.6 Å². The summed E-state index contributed by atoms with van der Waals surface area (Å²) in [6.45, 7) is 2.94. The molecule has 2 aliphatic rings. The third-order valence-corrected chi connectivity index (χ3v) is 4.83. The van der Waals surface area contributed by atoms with E-state index in [1.807, 2.05) is 12.1 Å². The summed E-state index contributed by atoms with van der Waals surface area (Å²) < 4.78 is 5.39. The number of hydrogen-bond acceptors (Lipinski definition) is 4. The number of anilines is 2. The Morgan fingerprint density at radius 1 is 1.21 bits per heavy atom. The standard InChI is InChI=1S/C17H24ClN3O3/c18-12-1-6-16(21-7-9-24-10-8-21)15(11-12)20-17(23)19-13-2-4-14(22)5-3-13/h1,6,11,13-14,22H,2-5,7-10H2,(H2,19,20,23). The molecule has 0 bridgehead atoms. The molecule has 1 saturated carbocycles. The van der Waals surface area contributed by atoms with Crippen molar-refractivity contribution in [3.63, 3.8) is 0 Å². The number of rotatable bonds is 3. The van der Waals surface area contributed by atoms with Gasteiger partial charge in [-0.3, -0.25) is 0 Å². The molecule has 0 aromatic heterocycles. The van der Waals surface area contributed by atoms with E-state index in [1.54, 1.807) is 6.07 Å². The normalized spacial score (nSPS) is 24.5. The van der Waals surface area contributed by atoms with E-state index >= 15 is 0 Å². The van der Waals surface area contributed by atoms with Crippen LogP contribution in [0.5, 0.6) is 0 Å². The second-order valence-corrected chi connectivity index (χ2v) is 6.80. The van der Waals surface area contributed by atoms with E-state index in [2.05, 4.69) is 15.5 Å². The van der Waals surface area contributed by atoms with Gasteiger partial charge in [0.05, 0.1) is 30.7 Å². The van der Waals surface area contributed by atoms with Crippen LogP contribution in [0.3, 0.4) is 0 Å². The van der Waals surface area contributed by atoms with E-state index in [0.29, 0.717) is 23.9 Å². The number of benzene rings is 1. The number of hydrogen-bond donors (Lipinski definition) is 3. The number of nitrogens with one attached hydrogen (secondary N) is 2. The highest BCUT2D eigenvalue weighted by Crippen LogP contribution is 2.30. The van der Waals surface area contributed by atoms with Gasteiger partial charge in [-0.25, -0.2) is 4.79 Å². The summed E-state index contributed by atoms with van der Waals surface area (Å²) in [5.74, 6) is 0. The maximum atomic E-state index is 12.3. The lowest BCUT2D eigenvalue weighted by molar-refractivity contribution is 0.118. The smallest absolute Gasteiger partial charge is 0.319 e. The molecule has 0 unspecified atom stereocenters. The lowest BCUT2D eigenvalue weighted by Gasteiger charge is -2.31. The van der Waals surface area contributed by atoms with Gasteiger partial charge in [0.2, 0.25) is 0 Å². The van der Waals surface area contributed by atoms with Gasteiger partial charge in [0.1, 0.15) is 0 Å². The Kier molecular flexibility index (Phi) is 5.81. The van der Waals surface area contributed by atoms with Crippen LogP contribution in [-0.2, 0) is 4.74 Å². The van der Waals surface area contributed by atoms with Gasteiger partial charge in [-0.15, -0.1) is 0 Å². The second kappa shape index (κ2) is 8.05. The summed E-state index contributed by atoms with van der Waals surface area (Å²) in [7, 11) is 0. The Hall–Kier alpha value is -1.50. The number of amides is 2. The van der Waals surface area contributed by atoms with Crippen LogP contribution in [0.1, 0.15) is 25.7 Å². The largest absolute Gasteiger partial charge is 0.393 e. The first-order chi connectivity index (χ1) is 11.6. The van der Waals surface area contributed by atoms with Crippen LogP contribution < -0.4 is 15.5 Å². The molecule has 0 spiro atoms. The van der Waals surface area contributed by atoms with E-state index < -0.39 is 0 Å².